The molecule has 3 heteroatoms. The van der Waals surface area contributed by atoms with Crippen molar-refractivity contribution in [2.45, 2.75) is 25.6 Å². The fourth-order valence-corrected chi connectivity index (χ4v) is 1.99. The van der Waals surface area contributed by atoms with Gasteiger partial charge < -0.3 is 9.84 Å². The van der Waals surface area contributed by atoms with Gasteiger partial charge in [0.2, 0.25) is 0 Å². The largest absolute Gasteiger partial charge is 0.490 e. The number of hydrogen-bond acceptors (Lipinski definition) is 3. The van der Waals surface area contributed by atoms with Gasteiger partial charge in [-0.1, -0.05) is 18.2 Å². The van der Waals surface area contributed by atoms with Gasteiger partial charge in [-0.2, -0.15) is 5.26 Å². The van der Waals surface area contributed by atoms with Gasteiger partial charge in [0.15, 0.2) is 0 Å². The van der Waals surface area contributed by atoms with Crippen molar-refractivity contribution in [1.82, 2.24) is 0 Å². The number of rotatable bonds is 1. The van der Waals surface area contributed by atoms with Gasteiger partial charge in [0, 0.05) is 17.9 Å². The molecule has 2 rings (SSSR count). The van der Waals surface area contributed by atoms with E-state index < -0.39 is 6.10 Å². The third kappa shape index (κ3) is 1.69. The molecule has 0 aliphatic carbocycles. The number of para-hydroxylation sites is 1. The Kier molecular flexibility index (Phi) is 2.61. The van der Waals surface area contributed by atoms with Crippen LogP contribution < -0.4 is 4.74 Å². The van der Waals surface area contributed by atoms with Crippen LogP contribution in [0.3, 0.4) is 0 Å². The average molecular weight is 203 g/mol. The minimum absolute atomic E-state index is 0.116. The van der Waals surface area contributed by atoms with Gasteiger partial charge in [-0.25, -0.2) is 0 Å². The molecule has 3 atom stereocenters. The molecule has 1 N–H and O–H groups in total. The van der Waals surface area contributed by atoms with Crippen LogP contribution in [0.5, 0.6) is 5.75 Å². The number of hydrogen-bond donors (Lipinski definition) is 1. The van der Waals surface area contributed by atoms with E-state index in [1.165, 1.54) is 0 Å². The van der Waals surface area contributed by atoms with E-state index in [0.29, 0.717) is 6.42 Å². The smallest absolute Gasteiger partial charge is 0.125 e. The monoisotopic (exact) mass is 203 g/mol. The number of nitrogens with zero attached hydrogens (tertiary/aromatic N) is 1. The number of aliphatic hydroxyl groups is 1. The first-order valence-corrected chi connectivity index (χ1v) is 5.04. The molecule has 1 aliphatic heterocycles. The molecule has 0 amide bonds. The number of fused-ring (bicyclic) bond motifs is 1. The van der Waals surface area contributed by atoms with Crippen LogP contribution in [0.2, 0.25) is 0 Å². The predicted octanol–water partition coefficient (Wildman–Crippen LogP) is 2.03. The van der Waals surface area contributed by atoms with E-state index in [9.17, 15) is 5.11 Å². The van der Waals surface area contributed by atoms with Crippen LogP contribution >= 0.6 is 0 Å². The van der Waals surface area contributed by atoms with Gasteiger partial charge in [-0.15, -0.1) is 0 Å². The summed E-state index contributed by atoms with van der Waals surface area (Å²) >= 11 is 0. The Bertz CT molecular complexity index is 397. The Morgan fingerprint density at radius 1 is 1.47 bits per heavy atom. The maximum absolute atomic E-state index is 10.1. The van der Waals surface area contributed by atoms with Gasteiger partial charge in [-0.05, 0) is 13.0 Å². The molecule has 0 fully saturated rings. The van der Waals surface area contributed by atoms with Crippen LogP contribution in [-0.2, 0) is 0 Å². The van der Waals surface area contributed by atoms with E-state index in [-0.39, 0.29) is 12.0 Å². The highest BCUT2D eigenvalue weighted by Gasteiger charge is 2.34. The van der Waals surface area contributed by atoms with Crippen molar-refractivity contribution in [3.63, 3.8) is 0 Å². The van der Waals surface area contributed by atoms with Crippen LogP contribution in [0.1, 0.15) is 25.0 Å². The first-order valence-electron chi connectivity index (χ1n) is 5.04. The molecule has 0 spiro atoms. The lowest BCUT2D eigenvalue weighted by Crippen LogP contribution is -2.33. The summed E-state index contributed by atoms with van der Waals surface area (Å²) in [6, 6.07) is 9.52. The van der Waals surface area contributed by atoms with E-state index in [4.69, 9.17) is 10.00 Å². The minimum Gasteiger partial charge on any atom is -0.490 e. The SMILES string of the molecule is C[C@H]1Oc2ccccc2[C@H](O)[C@@H]1CC#N. The predicted molar refractivity (Wildman–Crippen MR) is 55.2 cm³/mol. The van der Waals surface area contributed by atoms with Crippen molar-refractivity contribution in [1.29, 1.82) is 5.26 Å². The fraction of sp³-hybridized carbons (Fsp3) is 0.417. The van der Waals surface area contributed by atoms with E-state index >= 15 is 0 Å². The van der Waals surface area contributed by atoms with Crippen LogP contribution in [-0.4, -0.2) is 11.2 Å². The minimum atomic E-state index is -0.593. The molecule has 1 aromatic rings. The topological polar surface area (TPSA) is 53.2 Å². The van der Waals surface area contributed by atoms with Crippen molar-refractivity contribution in [2.75, 3.05) is 0 Å². The van der Waals surface area contributed by atoms with Gasteiger partial charge in [0.05, 0.1) is 12.2 Å². The van der Waals surface area contributed by atoms with Crippen molar-refractivity contribution < 1.29 is 9.84 Å². The summed E-state index contributed by atoms with van der Waals surface area (Å²) in [4.78, 5) is 0. The average Bonchev–Trinajstić information content (AvgIpc) is 2.24. The summed E-state index contributed by atoms with van der Waals surface area (Å²) in [7, 11) is 0. The van der Waals surface area contributed by atoms with Crippen LogP contribution in [0.25, 0.3) is 0 Å². The van der Waals surface area contributed by atoms with Crippen LogP contribution in [0.15, 0.2) is 24.3 Å². The first kappa shape index (κ1) is 10.0. The van der Waals surface area contributed by atoms with Gasteiger partial charge >= 0.3 is 0 Å². The molecule has 1 aromatic carbocycles. The van der Waals surface area contributed by atoms with E-state index in [1.54, 1.807) is 0 Å². The third-order valence-electron chi connectivity index (χ3n) is 2.89. The molecule has 1 aliphatic rings. The highest BCUT2D eigenvalue weighted by Crippen LogP contribution is 2.39. The zero-order chi connectivity index (χ0) is 10.8. The first-order chi connectivity index (χ1) is 7.24. The maximum atomic E-state index is 10.1. The molecular weight excluding hydrogens is 190 g/mol. The highest BCUT2D eigenvalue weighted by atomic mass is 16.5. The number of nitriles is 1. The molecule has 3 nitrogen and oxygen atoms in total. The maximum Gasteiger partial charge on any atom is 0.125 e. The quantitative estimate of drug-likeness (QED) is 0.759. The van der Waals surface area contributed by atoms with Crippen LogP contribution in [0.4, 0.5) is 0 Å². The highest BCUT2D eigenvalue weighted by molar-refractivity contribution is 5.37. The molecule has 0 unspecified atom stereocenters. The molecular formula is C12H13NO2. The van der Waals surface area contributed by atoms with E-state index in [1.807, 2.05) is 31.2 Å². The van der Waals surface area contributed by atoms with E-state index in [0.717, 1.165) is 11.3 Å². The Balaban J connectivity index is 2.35. The van der Waals surface area contributed by atoms with Gasteiger partial charge in [0.25, 0.3) is 0 Å². The molecule has 0 saturated heterocycles. The lowest BCUT2D eigenvalue weighted by molar-refractivity contribution is 0.0102. The Morgan fingerprint density at radius 2 is 2.20 bits per heavy atom. The molecule has 0 bridgehead atoms. The second-order valence-electron chi connectivity index (χ2n) is 3.83. The molecule has 1 heterocycles. The zero-order valence-corrected chi connectivity index (χ0v) is 8.55. The summed E-state index contributed by atoms with van der Waals surface area (Å²) in [5, 5.41) is 18.8. The molecule has 0 aromatic heterocycles. The zero-order valence-electron chi connectivity index (χ0n) is 8.55. The molecule has 0 radical (unpaired) electrons. The summed E-state index contributed by atoms with van der Waals surface area (Å²) in [5.41, 5.74) is 0.788. The fourth-order valence-electron chi connectivity index (χ4n) is 1.99. The standard InChI is InChI=1S/C12H13NO2/c1-8-9(6-7-13)12(14)10-4-2-3-5-11(10)15-8/h2-5,8-9,12,14H,6H2,1H3/t8-,9-,12-/m1/s1. The Labute approximate surface area is 88.9 Å². The lowest BCUT2D eigenvalue weighted by Gasteiger charge is -2.34. The van der Waals surface area contributed by atoms with Crippen molar-refractivity contribution in [2.24, 2.45) is 5.92 Å². The van der Waals surface area contributed by atoms with Gasteiger partial charge in [-0.3, -0.25) is 0 Å². The van der Waals surface area contributed by atoms with Crippen molar-refractivity contribution >= 4 is 0 Å². The summed E-state index contributed by atoms with van der Waals surface area (Å²) in [6.07, 6.45) is -0.393. The summed E-state index contributed by atoms with van der Waals surface area (Å²) in [6.45, 7) is 1.89. The Hall–Kier alpha value is -1.53. The summed E-state index contributed by atoms with van der Waals surface area (Å²) < 4.78 is 5.66. The normalized spacial score (nSPS) is 28.7. The van der Waals surface area contributed by atoms with Crippen molar-refractivity contribution in [3.05, 3.63) is 29.8 Å². The number of aliphatic hydroxyl groups excluding tert-OH is 1. The molecule has 78 valence electrons. The second-order valence-corrected chi connectivity index (χ2v) is 3.83. The number of ether oxygens (including phenoxy) is 1. The lowest BCUT2D eigenvalue weighted by atomic mass is 9.86. The van der Waals surface area contributed by atoms with Crippen LogP contribution in [0, 0.1) is 17.2 Å². The van der Waals surface area contributed by atoms with Gasteiger partial charge in [0.1, 0.15) is 11.9 Å². The second kappa shape index (κ2) is 3.92. The van der Waals surface area contributed by atoms with E-state index in [2.05, 4.69) is 6.07 Å². The number of benzene rings is 1. The molecule has 15 heavy (non-hydrogen) atoms. The van der Waals surface area contributed by atoms with Crippen molar-refractivity contribution in [3.8, 4) is 11.8 Å². The molecule has 0 saturated carbocycles. The third-order valence-corrected chi connectivity index (χ3v) is 2.89. The summed E-state index contributed by atoms with van der Waals surface area (Å²) in [5.74, 6) is 0.594. The Morgan fingerprint density at radius 3 is 2.93 bits per heavy atom.